The molecule has 1 aromatic rings. The lowest BCUT2D eigenvalue weighted by molar-refractivity contribution is -0.136. The number of carbonyl (C=O) groups excluding carboxylic acids is 2. The van der Waals surface area contributed by atoms with E-state index in [2.05, 4.69) is 32.2 Å². The Hall–Kier alpha value is -2.34. The van der Waals surface area contributed by atoms with E-state index in [0.29, 0.717) is 56.7 Å². The van der Waals surface area contributed by atoms with Crippen LogP contribution in [-0.2, 0) is 9.53 Å². The lowest BCUT2D eigenvalue weighted by Gasteiger charge is -2.38. The van der Waals surface area contributed by atoms with Crippen molar-refractivity contribution in [1.82, 2.24) is 10.2 Å². The van der Waals surface area contributed by atoms with Crippen LogP contribution >= 0.6 is 0 Å². The van der Waals surface area contributed by atoms with Gasteiger partial charge in [0.05, 0.1) is 20.3 Å². The minimum atomic E-state index is -0.0687. The van der Waals surface area contributed by atoms with E-state index in [1.54, 1.807) is 31.4 Å². The summed E-state index contributed by atoms with van der Waals surface area (Å²) in [6, 6.07) is 7.16. The first-order valence-corrected chi connectivity index (χ1v) is 11.3. The third-order valence-corrected chi connectivity index (χ3v) is 6.72. The smallest absolute Gasteiger partial charge is 0.251 e. The number of nitrogens with one attached hydrogen (secondary N) is 1. The molecule has 1 fully saturated rings. The van der Waals surface area contributed by atoms with Crippen LogP contribution in [0.4, 0.5) is 0 Å². The zero-order valence-corrected chi connectivity index (χ0v) is 19.2. The molecule has 1 saturated heterocycles. The summed E-state index contributed by atoms with van der Waals surface area (Å²) < 4.78 is 10.5. The van der Waals surface area contributed by atoms with Crippen LogP contribution in [-0.4, -0.2) is 56.7 Å². The Kier molecular flexibility index (Phi) is 8.13. The van der Waals surface area contributed by atoms with Gasteiger partial charge in [0.1, 0.15) is 5.75 Å². The standard InChI is InChI=1S/C25H36N2O4/c1-17(2)23-14-20(15-24(28)27-9-11-31-12-10-27)18(3)13-21(23)16-26-25(29)19-5-7-22(30-4)8-6-19/h5-8,13,17,20-21,23H,9-12,14-16H2,1-4H3,(H,26,29). The van der Waals surface area contributed by atoms with Crippen molar-refractivity contribution in [2.24, 2.45) is 23.7 Å². The van der Waals surface area contributed by atoms with Gasteiger partial charge >= 0.3 is 0 Å². The third kappa shape index (κ3) is 6.10. The number of ether oxygens (including phenoxy) is 2. The zero-order valence-electron chi connectivity index (χ0n) is 19.2. The van der Waals surface area contributed by atoms with Crippen molar-refractivity contribution in [2.45, 2.75) is 33.6 Å². The SMILES string of the molecule is COc1ccc(C(=O)NCC2C=C(C)C(CC(=O)N3CCOCC3)CC2C(C)C)cc1. The number of morpholine rings is 1. The van der Waals surface area contributed by atoms with Crippen molar-refractivity contribution in [3.8, 4) is 5.75 Å². The molecule has 31 heavy (non-hydrogen) atoms. The second kappa shape index (κ2) is 10.8. The maximum absolute atomic E-state index is 12.8. The number of hydrogen-bond donors (Lipinski definition) is 1. The molecule has 0 spiro atoms. The van der Waals surface area contributed by atoms with Gasteiger partial charge in [0, 0.05) is 31.6 Å². The van der Waals surface area contributed by atoms with Gasteiger partial charge in [-0.2, -0.15) is 0 Å². The van der Waals surface area contributed by atoms with Crippen molar-refractivity contribution in [1.29, 1.82) is 0 Å². The van der Waals surface area contributed by atoms with E-state index in [9.17, 15) is 9.59 Å². The average molecular weight is 429 g/mol. The fourth-order valence-corrected chi connectivity index (χ4v) is 4.72. The highest BCUT2D eigenvalue weighted by Gasteiger charge is 2.33. The molecular formula is C25H36N2O4. The average Bonchev–Trinajstić information content (AvgIpc) is 2.79. The quantitative estimate of drug-likeness (QED) is 0.675. The molecule has 1 heterocycles. The van der Waals surface area contributed by atoms with Gasteiger partial charge in [-0.05, 0) is 61.3 Å². The van der Waals surface area contributed by atoms with Gasteiger partial charge in [0.25, 0.3) is 5.91 Å². The maximum Gasteiger partial charge on any atom is 0.251 e. The first kappa shape index (κ1) is 23.3. The fourth-order valence-electron chi connectivity index (χ4n) is 4.72. The molecule has 0 saturated carbocycles. The highest BCUT2D eigenvalue weighted by molar-refractivity contribution is 5.94. The summed E-state index contributed by atoms with van der Waals surface area (Å²) in [6.45, 7) is 9.87. The molecule has 0 aromatic heterocycles. The zero-order chi connectivity index (χ0) is 22.4. The maximum atomic E-state index is 12.8. The van der Waals surface area contributed by atoms with Gasteiger partial charge in [-0.1, -0.05) is 25.5 Å². The van der Waals surface area contributed by atoms with Gasteiger partial charge in [-0.25, -0.2) is 0 Å². The van der Waals surface area contributed by atoms with Crippen LogP contribution in [0.25, 0.3) is 0 Å². The Morgan fingerprint density at radius 1 is 1.19 bits per heavy atom. The van der Waals surface area contributed by atoms with Crippen LogP contribution in [0.3, 0.4) is 0 Å². The fraction of sp³-hybridized carbons (Fsp3) is 0.600. The van der Waals surface area contributed by atoms with E-state index in [-0.39, 0.29) is 23.7 Å². The van der Waals surface area contributed by atoms with E-state index in [1.807, 2.05) is 4.90 Å². The number of allylic oxidation sites excluding steroid dienone is 1. The first-order chi connectivity index (χ1) is 14.9. The monoisotopic (exact) mass is 428 g/mol. The first-order valence-electron chi connectivity index (χ1n) is 11.3. The van der Waals surface area contributed by atoms with Gasteiger partial charge in [-0.15, -0.1) is 0 Å². The normalized spacial score (nSPS) is 24.0. The third-order valence-electron chi connectivity index (χ3n) is 6.72. The van der Waals surface area contributed by atoms with Gasteiger partial charge in [0.15, 0.2) is 0 Å². The molecule has 0 radical (unpaired) electrons. The number of rotatable bonds is 7. The van der Waals surface area contributed by atoms with Crippen LogP contribution in [0.2, 0.25) is 0 Å². The molecule has 1 N–H and O–H groups in total. The van der Waals surface area contributed by atoms with E-state index in [4.69, 9.17) is 9.47 Å². The Morgan fingerprint density at radius 3 is 2.48 bits per heavy atom. The number of nitrogens with zero attached hydrogens (tertiary/aromatic N) is 1. The molecule has 2 amide bonds. The highest BCUT2D eigenvalue weighted by atomic mass is 16.5. The molecule has 3 rings (SSSR count). The number of methoxy groups -OCH3 is 1. The van der Waals surface area contributed by atoms with E-state index in [1.165, 1.54) is 5.57 Å². The minimum Gasteiger partial charge on any atom is -0.497 e. The molecule has 170 valence electrons. The van der Waals surface area contributed by atoms with Crippen molar-refractivity contribution in [3.63, 3.8) is 0 Å². The van der Waals surface area contributed by atoms with Gasteiger partial charge in [0.2, 0.25) is 5.91 Å². The van der Waals surface area contributed by atoms with Crippen LogP contribution in [0.1, 0.15) is 44.0 Å². The van der Waals surface area contributed by atoms with Crippen LogP contribution in [0, 0.1) is 23.7 Å². The summed E-state index contributed by atoms with van der Waals surface area (Å²) in [5, 5.41) is 3.11. The summed E-state index contributed by atoms with van der Waals surface area (Å²) in [5.74, 6) is 2.36. The Labute approximate surface area is 186 Å². The summed E-state index contributed by atoms with van der Waals surface area (Å²) in [7, 11) is 1.61. The summed E-state index contributed by atoms with van der Waals surface area (Å²) in [5.41, 5.74) is 1.90. The number of amides is 2. The van der Waals surface area contributed by atoms with Crippen molar-refractivity contribution in [3.05, 3.63) is 41.5 Å². The number of benzene rings is 1. The molecule has 2 aliphatic rings. The molecular weight excluding hydrogens is 392 g/mol. The van der Waals surface area contributed by atoms with Crippen LogP contribution < -0.4 is 10.1 Å². The number of carbonyl (C=O) groups is 2. The highest BCUT2D eigenvalue weighted by Crippen LogP contribution is 2.39. The van der Waals surface area contributed by atoms with E-state index >= 15 is 0 Å². The van der Waals surface area contributed by atoms with Crippen molar-refractivity contribution >= 4 is 11.8 Å². The van der Waals surface area contributed by atoms with E-state index < -0.39 is 0 Å². The Bertz CT molecular complexity index is 781. The van der Waals surface area contributed by atoms with Gasteiger partial charge in [-0.3, -0.25) is 9.59 Å². The second-order valence-electron chi connectivity index (χ2n) is 9.05. The molecule has 1 aliphatic carbocycles. The van der Waals surface area contributed by atoms with E-state index in [0.717, 1.165) is 12.2 Å². The Balaban J connectivity index is 1.61. The Morgan fingerprint density at radius 2 is 1.87 bits per heavy atom. The summed E-state index contributed by atoms with van der Waals surface area (Å²) in [6.07, 6.45) is 3.84. The minimum absolute atomic E-state index is 0.0687. The van der Waals surface area contributed by atoms with Crippen LogP contribution in [0.5, 0.6) is 5.75 Å². The topological polar surface area (TPSA) is 67.9 Å². The van der Waals surface area contributed by atoms with Crippen molar-refractivity contribution < 1.29 is 19.1 Å². The van der Waals surface area contributed by atoms with Crippen molar-refractivity contribution in [2.75, 3.05) is 40.0 Å². The lowest BCUT2D eigenvalue weighted by atomic mass is 9.69. The molecule has 3 atom stereocenters. The predicted octanol–water partition coefficient (Wildman–Crippen LogP) is 3.53. The summed E-state index contributed by atoms with van der Waals surface area (Å²) in [4.78, 5) is 27.3. The summed E-state index contributed by atoms with van der Waals surface area (Å²) >= 11 is 0. The van der Waals surface area contributed by atoms with Crippen LogP contribution in [0.15, 0.2) is 35.9 Å². The largest absolute Gasteiger partial charge is 0.497 e. The van der Waals surface area contributed by atoms with Gasteiger partial charge < -0.3 is 19.7 Å². The molecule has 1 aromatic carbocycles. The molecule has 0 bridgehead atoms. The lowest BCUT2D eigenvalue weighted by Crippen LogP contribution is -2.42. The number of hydrogen-bond acceptors (Lipinski definition) is 4. The molecule has 6 nitrogen and oxygen atoms in total. The molecule has 1 aliphatic heterocycles. The molecule has 6 heteroatoms. The predicted molar refractivity (Wildman–Crippen MR) is 121 cm³/mol. The molecule has 3 unspecified atom stereocenters. The second-order valence-corrected chi connectivity index (χ2v) is 9.05.